The van der Waals surface area contributed by atoms with E-state index in [1.54, 1.807) is 6.26 Å². The number of nitrogens with one attached hydrogen (secondary N) is 1. The van der Waals surface area contributed by atoms with Crippen LogP contribution in [-0.4, -0.2) is 0 Å². The molecule has 0 aliphatic carbocycles. The summed E-state index contributed by atoms with van der Waals surface area (Å²) in [5.74, 6) is 0.982. The third-order valence-electron chi connectivity index (χ3n) is 3.07. The number of hydrogen-bond acceptors (Lipinski definition) is 2. The summed E-state index contributed by atoms with van der Waals surface area (Å²) in [6.45, 7) is 6.37. The summed E-state index contributed by atoms with van der Waals surface area (Å²) in [5, 5.41) is 3.53. The van der Waals surface area contributed by atoms with E-state index < -0.39 is 0 Å². The molecule has 2 aromatic rings. The molecule has 1 heterocycles. The van der Waals surface area contributed by atoms with Gasteiger partial charge in [0.15, 0.2) is 0 Å². The molecular formula is C15H18BrNO. The Morgan fingerprint density at radius 3 is 2.44 bits per heavy atom. The molecule has 96 valence electrons. The summed E-state index contributed by atoms with van der Waals surface area (Å²) in [4.78, 5) is 0. The van der Waals surface area contributed by atoms with Crippen molar-refractivity contribution in [3.63, 3.8) is 0 Å². The van der Waals surface area contributed by atoms with Crippen molar-refractivity contribution in [1.29, 1.82) is 0 Å². The van der Waals surface area contributed by atoms with E-state index in [4.69, 9.17) is 4.42 Å². The van der Waals surface area contributed by atoms with Crippen LogP contribution in [0.15, 0.2) is 39.4 Å². The number of aryl methyl sites for hydroxylation is 2. The average Bonchev–Trinajstić information content (AvgIpc) is 2.86. The molecule has 0 bridgehead atoms. The topological polar surface area (TPSA) is 25.2 Å². The van der Waals surface area contributed by atoms with E-state index >= 15 is 0 Å². The molecule has 0 fully saturated rings. The normalized spacial score (nSPS) is 12.4. The Hall–Kier alpha value is -1.22. The lowest BCUT2D eigenvalue weighted by atomic mass is 10.1. The van der Waals surface area contributed by atoms with Gasteiger partial charge < -0.3 is 9.73 Å². The Balaban J connectivity index is 2.23. The van der Waals surface area contributed by atoms with Crippen LogP contribution in [0.4, 0.5) is 5.69 Å². The fraction of sp³-hybridized carbons (Fsp3) is 0.333. The van der Waals surface area contributed by atoms with E-state index in [9.17, 15) is 0 Å². The summed E-state index contributed by atoms with van der Waals surface area (Å²) in [6, 6.07) is 8.48. The fourth-order valence-electron chi connectivity index (χ4n) is 2.09. The summed E-state index contributed by atoms with van der Waals surface area (Å²) in [5.41, 5.74) is 3.62. The van der Waals surface area contributed by atoms with Gasteiger partial charge in [-0.25, -0.2) is 0 Å². The highest BCUT2D eigenvalue weighted by molar-refractivity contribution is 9.10. The zero-order chi connectivity index (χ0) is 13.1. The first-order valence-electron chi connectivity index (χ1n) is 6.18. The number of rotatable bonds is 4. The minimum atomic E-state index is 0.222. The van der Waals surface area contributed by atoms with Crippen LogP contribution in [0.25, 0.3) is 0 Å². The first kappa shape index (κ1) is 13.2. The van der Waals surface area contributed by atoms with E-state index in [1.807, 2.05) is 12.1 Å². The zero-order valence-corrected chi connectivity index (χ0v) is 12.5. The van der Waals surface area contributed by atoms with Crippen LogP contribution in [0.2, 0.25) is 0 Å². The predicted octanol–water partition coefficient (Wildman–Crippen LogP) is 5.22. The molecule has 1 aromatic carbocycles. The van der Waals surface area contributed by atoms with Gasteiger partial charge in [0.25, 0.3) is 0 Å². The van der Waals surface area contributed by atoms with Gasteiger partial charge in [-0.2, -0.15) is 0 Å². The van der Waals surface area contributed by atoms with Crippen LogP contribution in [0.3, 0.4) is 0 Å². The zero-order valence-electron chi connectivity index (χ0n) is 11.0. The highest BCUT2D eigenvalue weighted by atomic mass is 79.9. The molecule has 0 radical (unpaired) electrons. The van der Waals surface area contributed by atoms with E-state index in [0.717, 1.165) is 17.9 Å². The lowest BCUT2D eigenvalue weighted by Gasteiger charge is -2.17. The standard InChI is InChI=1S/C15H18BrNO/c1-4-13(14-6-5-7-18-14)17-12-8-10(2)15(16)11(3)9-12/h5-9,13,17H,4H2,1-3H3. The second-order valence-electron chi connectivity index (χ2n) is 4.54. The molecule has 0 spiro atoms. The molecule has 1 aromatic heterocycles. The van der Waals surface area contributed by atoms with Crippen LogP contribution in [0, 0.1) is 13.8 Å². The Morgan fingerprint density at radius 2 is 1.94 bits per heavy atom. The summed E-state index contributed by atoms with van der Waals surface area (Å²) >= 11 is 3.59. The highest BCUT2D eigenvalue weighted by Gasteiger charge is 2.12. The molecule has 0 saturated heterocycles. The van der Waals surface area contributed by atoms with Crippen LogP contribution in [0.1, 0.15) is 36.3 Å². The Kier molecular flexibility index (Phi) is 4.12. The van der Waals surface area contributed by atoms with E-state index in [1.165, 1.54) is 15.6 Å². The van der Waals surface area contributed by atoms with Gasteiger partial charge in [0.2, 0.25) is 0 Å². The largest absolute Gasteiger partial charge is 0.467 e. The van der Waals surface area contributed by atoms with E-state index in [2.05, 4.69) is 54.2 Å². The van der Waals surface area contributed by atoms with Crippen LogP contribution >= 0.6 is 15.9 Å². The monoisotopic (exact) mass is 307 g/mol. The van der Waals surface area contributed by atoms with Gasteiger partial charge in [-0.15, -0.1) is 0 Å². The quantitative estimate of drug-likeness (QED) is 0.837. The Bertz CT molecular complexity index is 496. The number of hydrogen-bond donors (Lipinski definition) is 1. The number of anilines is 1. The predicted molar refractivity (Wildman–Crippen MR) is 79.0 cm³/mol. The second kappa shape index (κ2) is 5.61. The van der Waals surface area contributed by atoms with E-state index in [-0.39, 0.29) is 6.04 Å². The van der Waals surface area contributed by atoms with Crippen LogP contribution < -0.4 is 5.32 Å². The number of furan rings is 1. The molecular weight excluding hydrogens is 290 g/mol. The molecule has 0 aliphatic rings. The molecule has 18 heavy (non-hydrogen) atoms. The molecule has 1 N–H and O–H groups in total. The molecule has 1 unspecified atom stereocenters. The van der Waals surface area contributed by atoms with Crippen molar-refractivity contribution in [2.45, 2.75) is 33.2 Å². The van der Waals surface area contributed by atoms with Crippen molar-refractivity contribution in [3.8, 4) is 0 Å². The van der Waals surface area contributed by atoms with Gasteiger partial charge in [-0.1, -0.05) is 22.9 Å². The summed E-state index contributed by atoms with van der Waals surface area (Å²) in [7, 11) is 0. The average molecular weight is 308 g/mol. The SMILES string of the molecule is CCC(Nc1cc(C)c(Br)c(C)c1)c1ccco1. The lowest BCUT2D eigenvalue weighted by Crippen LogP contribution is -2.09. The van der Waals surface area contributed by atoms with Gasteiger partial charge in [-0.05, 0) is 55.7 Å². The molecule has 1 atom stereocenters. The molecule has 0 aliphatic heterocycles. The number of benzene rings is 1. The third kappa shape index (κ3) is 2.78. The fourth-order valence-corrected chi connectivity index (χ4v) is 2.32. The molecule has 3 heteroatoms. The third-order valence-corrected chi connectivity index (χ3v) is 4.32. The molecule has 0 saturated carbocycles. The smallest absolute Gasteiger partial charge is 0.125 e. The minimum Gasteiger partial charge on any atom is -0.467 e. The lowest BCUT2D eigenvalue weighted by molar-refractivity contribution is 0.474. The van der Waals surface area contributed by atoms with Crippen molar-refractivity contribution < 1.29 is 4.42 Å². The highest BCUT2D eigenvalue weighted by Crippen LogP contribution is 2.28. The second-order valence-corrected chi connectivity index (χ2v) is 5.34. The van der Waals surface area contributed by atoms with Gasteiger partial charge >= 0.3 is 0 Å². The maximum Gasteiger partial charge on any atom is 0.125 e. The number of halogens is 1. The maximum absolute atomic E-state index is 5.47. The van der Waals surface area contributed by atoms with Crippen LogP contribution in [0.5, 0.6) is 0 Å². The van der Waals surface area contributed by atoms with Gasteiger partial charge in [0.05, 0.1) is 12.3 Å². The van der Waals surface area contributed by atoms with E-state index in [0.29, 0.717) is 0 Å². The first-order chi connectivity index (χ1) is 8.61. The van der Waals surface area contributed by atoms with Gasteiger partial charge in [0, 0.05) is 10.2 Å². The Morgan fingerprint density at radius 1 is 1.28 bits per heavy atom. The molecule has 0 amide bonds. The van der Waals surface area contributed by atoms with Crippen molar-refractivity contribution in [2.24, 2.45) is 0 Å². The van der Waals surface area contributed by atoms with Crippen molar-refractivity contribution in [2.75, 3.05) is 5.32 Å². The summed E-state index contributed by atoms with van der Waals surface area (Å²) in [6.07, 6.45) is 2.71. The first-order valence-corrected chi connectivity index (χ1v) is 6.97. The summed E-state index contributed by atoms with van der Waals surface area (Å²) < 4.78 is 6.65. The van der Waals surface area contributed by atoms with Gasteiger partial charge in [-0.3, -0.25) is 0 Å². The van der Waals surface area contributed by atoms with Crippen molar-refractivity contribution in [3.05, 3.63) is 51.9 Å². The van der Waals surface area contributed by atoms with Gasteiger partial charge in [0.1, 0.15) is 5.76 Å². The van der Waals surface area contributed by atoms with Crippen LogP contribution in [-0.2, 0) is 0 Å². The van der Waals surface area contributed by atoms with Crippen molar-refractivity contribution >= 4 is 21.6 Å². The molecule has 2 rings (SSSR count). The molecule has 2 nitrogen and oxygen atoms in total. The van der Waals surface area contributed by atoms with Crippen molar-refractivity contribution in [1.82, 2.24) is 0 Å². The Labute approximate surface area is 117 Å². The minimum absolute atomic E-state index is 0.222. The maximum atomic E-state index is 5.47.